The molecule has 0 radical (unpaired) electrons. The van der Waals surface area contributed by atoms with Gasteiger partial charge in [0.1, 0.15) is 0 Å². The molecule has 11 nitrogen and oxygen atoms in total. The smallest absolute Gasteiger partial charge is 0.354 e. The number of hydrogen-bond acceptors (Lipinski definition) is 7. The van der Waals surface area contributed by atoms with Gasteiger partial charge in [-0.05, 0) is 82.4 Å². The first-order valence-corrected chi connectivity index (χ1v) is 13.6. The number of nitrogens with one attached hydrogen (secondary N) is 3. The lowest BCUT2D eigenvalue weighted by molar-refractivity contribution is -0.133. The highest BCUT2D eigenvalue weighted by Gasteiger charge is 2.33. The van der Waals surface area contributed by atoms with E-state index in [1.807, 2.05) is 6.07 Å². The Morgan fingerprint density at radius 1 is 1.02 bits per heavy atom. The van der Waals surface area contributed by atoms with Crippen molar-refractivity contribution >= 4 is 29.3 Å². The van der Waals surface area contributed by atoms with Crippen LogP contribution < -0.4 is 20.9 Å². The number of benzene rings is 2. The Kier molecular flexibility index (Phi) is 9.60. The summed E-state index contributed by atoms with van der Waals surface area (Å²) in [5.41, 5.74) is 2.50. The summed E-state index contributed by atoms with van der Waals surface area (Å²) in [6.07, 6.45) is 4.94. The molecule has 11 heteroatoms. The molecular weight excluding hydrogens is 522 g/mol. The van der Waals surface area contributed by atoms with Crippen LogP contribution in [0.5, 0.6) is 0 Å². The van der Waals surface area contributed by atoms with Gasteiger partial charge in [0.2, 0.25) is 12.2 Å². The molecule has 2 aliphatic rings. The van der Waals surface area contributed by atoms with Crippen LogP contribution in [0, 0.1) is 11.5 Å². The highest BCUT2D eigenvalue weighted by atomic mass is 16.4. The van der Waals surface area contributed by atoms with Gasteiger partial charge in [0.05, 0.1) is 0 Å². The maximum absolute atomic E-state index is 12.1. The van der Waals surface area contributed by atoms with Gasteiger partial charge >= 0.3 is 11.9 Å². The summed E-state index contributed by atoms with van der Waals surface area (Å²) in [6, 6.07) is 17.3. The van der Waals surface area contributed by atoms with Crippen molar-refractivity contribution in [1.29, 1.82) is 5.26 Å². The third kappa shape index (κ3) is 7.23. The molecule has 0 unspecified atom stereocenters. The van der Waals surface area contributed by atoms with Gasteiger partial charge in [-0.15, -0.1) is 4.99 Å². The summed E-state index contributed by atoms with van der Waals surface area (Å²) < 4.78 is 0. The van der Waals surface area contributed by atoms with Gasteiger partial charge in [-0.2, -0.15) is 5.26 Å². The lowest BCUT2D eigenvalue weighted by atomic mass is 9.89. The predicted molar refractivity (Wildman–Crippen MR) is 157 cm³/mol. The first-order valence-electron chi connectivity index (χ1n) is 13.6. The van der Waals surface area contributed by atoms with Crippen molar-refractivity contribution < 1.29 is 19.8 Å². The minimum atomic E-state index is -1.27. The van der Waals surface area contributed by atoms with Gasteiger partial charge in [0, 0.05) is 29.3 Å². The van der Waals surface area contributed by atoms with Crippen LogP contribution in [-0.4, -0.2) is 59.2 Å². The van der Waals surface area contributed by atoms with Crippen LogP contribution >= 0.6 is 0 Å². The molecular formula is C30H35N7O4. The number of aliphatic imine (C=N–C) groups is 1. The standard InChI is InChI=1S/C30H35N7O4/c1-20-26(28(38)39)37(27(29(40)41)21(2)34-20)25-11-6-10-24(18-25)35-30(33-19-31)32-14-7-15-36-16-12-23(13-17-36)22-8-4-3-5-9-22/h3-6,8-11,18,23,34H,7,12-17H2,1-2H3,(H,38,39)(H,40,41)(H2,32,33,35). The number of anilines is 2. The number of piperidine rings is 1. The van der Waals surface area contributed by atoms with Crippen LogP contribution in [0.3, 0.4) is 0 Å². The third-order valence-electron chi connectivity index (χ3n) is 7.27. The largest absolute Gasteiger partial charge is 0.477 e. The molecule has 0 aliphatic carbocycles. The Morgan fingerprint density at radius 3 is 2.29 bits per heavy atom. The van der Waals surface area contributed by atoms with E-state index >= 15 is 0 Å². The molecule has 2 aliphatic heterocycles. The number of allylic oxidation sites excluding steroid dienone is 2. The first-order chi connectivity index (χ1) is 19.8. The molecule has 0 amide bonds. The number of nitriles is 1. The maximum atomic E-state index is 12.1. The number of nitrogens with zero attached hydrogens (tertiary/aromatic N) is 4. The molecule has 41 heavy (non-hydrogen) atoms. The average Bonchev–Trinajstić information content (AvgIpc) is 2.95. The number of likely N-dealkylation sites (tertiary alicyclic amines) is 1. The Balaban J connectivity index is 1.36. The van der Waals surface area contributed by atoms with Crippen molar-refractivity contribution in [2.45, 2.75) is 39.0 Å². The molecule has 1 fully saturated rings. The van der Waals surface area contributed by atoms with Crippen LogP contribution in [0.1, 0.15) is 44.6 Å². The summed E-state index contributed by atoms with van der Waals surface area (Å²) in [6.45, 7) is 6.78. The van der Waals surface area contributed by atoms with Gasteiger partial charge in [0.25, 0.3) is 0 Å². The molecule has 4 rings (SSSR count). The van der Waals surface area contributed by atoms with Gasteiger partial charge in [-0.25, -0.2) is 9.59 Å². The molecule has 0 atom stereocenters. The van der Waals surface area contributed by atoms with E-state index < -0.39 is 11.9 Å². The molecule has 1 saturated heterocycles. The second kappa shape index (κ2) is 13.5. The third-order valence-corrected chi connectivity index (χ3v) is 7.27. The molecule has 2 heterocycles. The zero-order valence-corrected chi connectivity index (χ0v) is 23.2. The predicted octanol–water partition coefficient (Wildman–Crippen LogP) is 3.84. The van der Waals surface area contributed by atoms with E-state index in [0.29, 0.717) is 35.2 Å². The quantitative estimate of drug-likeness (QED) is 0.133. The van der Waals surface area contributed by atoms with Gasteiger partial charge < -0.3 is 31.1 Å². The van der Waals surface area contributed by atoms with Gasteiger partial charge in [-0.1, -0.05) is 36.4 Å². The number of aliphatic carboxylic acids is 2. The van der Waals surface area contributed by atoms with Crippen molar-refractivity contribution in [3.05, 3.63) is 82.9 Å². The van der Waals surface area contributed by atoms with Crippen molar-refractivity contribution in [3.8, 4) is 6.19 Å². The second-order valence-corrected chi connectivity index (χ2v) is 10.1. The van der Waals surface area contributed by atoms with E-state index in [2.05, 4.69) is 50.1 Å². The number of carbonyl (C=O) groups is 2. The molecule has 0 spiro atoms. The van der Waals surface area contributed by atoms with E-state index in [-0.39, 0.29) is 17.4 Å². The van der Waals surface area contributed by atoms with E-state index in [9.17, 15) is 25.1 Å². The fourth-order valence-corrected chi connectivity index (χ4v) is 5.36. The van der Waals surface area contributed by atoms with Gasteiger partial charge in [-0.3, -0.25) is 4.90 Å². The summed E-state index contributed by atoms with van der Waals surface area (Å²) in [5, 5.41) is 38.0. The van der Waals surface area contributed by atoms with E-state index in [1.165, 1.54) is 10.5 Å². The van der Waals surface area contributed by atoms with Gasteiger partial charge in [0.15, 0.2) is 11.4 Å². The van der Waals surface area contributed by atoms with Crippen molar-refractivity contribution in [1.82, 2.24) is 15.5 Å². The zero-order valence-electron chi connectivity index (χ0n) is 23.2. The number of rotatable bonds is 9. The molecule has 0 aromatic heterocycles. The topological polar surface area (TPSA) is 153 Å². The van der Waals surface area contributed by atoms with E-state index in [4.69, 9.17) is 0 Å². The summed E-state index contributed by atoms with van der Waals surface area (Å²) in [5.74, 6) is -1.67. The lowest BCUT2D eigenvalue weighted by Crippen LogP contribution is -2.40. The highest BCUT2D eigenvalue weighted by Crippen LogP contribution is 2.32. The van der Waals surface area contributed by atoms with Crippen molar-refractivity contribution in [3.63, 3.8) is 0 Å². The highest BCUT2D eigenvalue weighted by molar-refractivity contribution is 6.02. The first kappa shape index (κ1) is 29.2. The molecule has 214 valence electrons. The molecule has 5 N–H and O–H groups in total. The van der Waals surface area contributed by atoms with Crippen LogP contribution in [0.25, 0.3) is 0 Å². The van der Waals surface area contributed by atoms with Crippen molar-refractivity contribution in [2.24, 2.45) is 4.99 Å². The summed E-state index contributed by atoms with van der Waals surface area (Å²) >= 11 is 0. The van der Waals surface area contributed by atoms with Crippen molar-refractivity contribution in [2.75, 3.05) is 36.4 Å². The minimum absolute atomic E-state index is 0.193. The lowest BCUT2D eigenvalue weighted by Gasteiger charge is -2.33. The number of hydrogen-bond donors (Lipinski definition) is 5. The number of carboxylic acid groups (broad SMARTS) is 2. The zero-order chi connectivity index (χ0) is 29.4. The normalized spacial score (nSPS) is 16.7. The number of carboxylic acids is 2. The monoisotopic (exact) mass is 557 g/mol. The average molecular weight is 558 g/mol. The number of guanidine groups is 1. The van der Waals surface area contributed by atoms with Crippen LogP contribution in [0.2, 0.25) is 0 Å². The minimum Gasteiger partial charge on any atom is -0.477 e. The van der Waals surface area contributed by atoms with E-state index in [0.717, 1.165) is 38.9 Å². The fourth-order valence-electron chi connectivity index (χ4n) is 5.36. The fraction of sp³-hybridized carbons (Fsp3) is 0.333. The summed E-state index contributed by atoms with van der Waals surface area (Å²) in [4.78, 5) is 31.7. The summed E-state index contributed by atoms with van der Waals surface area (Å²) in [7, 11) is 0. The Labute approximate surface area is 239 Å². The molecule has 2 aromatic rings. The molecule has 2 aromatic carbocycles. The van der Waals surface area contributed by atoms with E-state index in [1.54, 1.807) is 44.3 Å². The Hall–Kier alpha value is -4.82. The molecule has 0 saturated carbocycles. The maximum Gasteiger partial charge on any atom is 0.354 e. The Morgan fingerprint density at radius 2 is 1.68 bits per heavy atom. The van der Waals surface area contributed by atoms with Crippen LogP contribution in [-0.2, 0) is 9.59 Å². The van der Waals surface area contributed by atoms with Crippen LogP contribution in [0.15, 0.2) is 82.4 Å². The Bertz CT molecular complexity index is 1370. The second-order valence-electron chi connectivity index (χ2n) is 10.1. The SMILES string of the molecule is CC1=C(C(=O)O)N(c2cccc(N/C(=N/C#N)NCCCN3CCC(c4ccccc4)CC3)c2)C(C(=O)O)=C(C)N1. The molecule has 0 bridgehead atoms. The van der Waals surface area contributed by atoms with Crippen LogP contribution in [0.4, 0.5) is 11.4 Å².